The highest BCUT2D eigenvalue weighted by Gasteiger charge is 2.16. The van der Waals surface area contributed by atoms with Crippen LogP contribution in [-0.4, -0.2) is 28.5 Å². The van der Waals surface area contributed by atoms with E-state index in [9.17, 15) is 9.59 Å². The van der Waals surface area contributed by atoms with Gasteiger partial charge >= 0.3 is 0 Å². The molecular formula is C21H18N4O4. The lowest BCUT2D eigenvalue weighted by atomic mass is 10.1. The Hall–Kier alpha value is -3.94. The lowest BCUT2D eigenvalue weighted by Crippen LogP contribution is -2.27. The van der Waals surface area contributed by atoms with Gasteiger partial charge in [-0.2, -0.15) is 10.2 Å². The molecule has 0 atom stereocenters. The van der Waals surface area contributed by atoms with Gasteiger partial charge in [0.1, 0.15) is 5.71 Å². The number of carbonyl (C=O) groups excluding carboxylic acids is 1. The molecular weight excluding hydrogens is 372 g/mol. The number of hydrogen-bond acceptors (Lipinski definition) is 6. The van der Waals surface area contributed by atoms with Gasteiger partial charge in [0.2, 0.25) is 0 Å². The molecule has 0 aliphatic carbocycles. The highest BCUT2D eigenvalue weighted by molar-refractivity contribution is 6.06. The number of ether oxygens (including phenoxy) is 1. The van der Waals surface area contributed by atoms with Crippen molar-refractivity contribution in [3.05, 3.63) is 70.3 Å². The van der Waals surface area contributed by atoms with Gasteiger partial charge in [-0.05, 0) is 25.1 Å². The number of nitrogens with one attached hydrogen (secondary N) is 1. The SMILES string of the molecule is COc1cccc2cc(/C(C)=N\NC(=O)c3nn(C)c(=O)c4ccccc34)oc12. The maximum atomic E-state index is 12.7. The van der Waals surface area contributed by atoms with Crippen LogP contribution in [0.3, 0.4) is 0 Å². The molecule has 0 aliphatic heterocycles. The molecule has 0 saturated heterocycles. The van der Waals surface area contributed by atoms with Crippen LogP contribution in [0.2, 0.25) is 0 Å². The van der Waals surface area contributed by atoms with E-state index in [0.717, 1.165) is 10.1 Å². The quantitative estimate of drug-likeness (QED) is 0.427. The minimum absolute atomic E-state index is 0.116. The average molecular weight is 390 g/mol. The molecule has 146 valence electrons. The molecule has 1 N–H and O–H groups in total. The van der Waals surface area contributed by atoms with Crippen LogP contribution in [0, 0.1) is 0 Å². The maximum Gasteiger partial charge on any atom is 0.292 e. The fourth-order valence-corrected chi connectivity index (χ4v) is 3.09. The van der Waals surface area contributed by atoms with E-state index < -0.39 is 5.91 Å². The smallest absolute Gasteiger partial charge is 0.292 e. The van der Waals surface area contributed by atoms with Crippen molar-refractivity contribution in [2.45, 2.75) is 6.92 Å². The van der Waals surface area contributed by atoms with Crippen molar-refractivity contribution in [2.24, 2.45) is 12.1 Å². The van der Waals surface area contributed by atoms with Crippen molar-refractivity contribution in [2.75, 3.05) is 7.11 Å². The van der Waals surface area contributed by atoms with Gasteiger partial charge in [0, 0.05) is 17.8 Å². The van der Waals surface area contributed by atoms with Crippen molar-refractivity contribution in [3.8, 4) is 5.75 Å². The number of aromatic nitrogens is 2. The van der Waals surface area contributed by atoms with Crippen molar-refractivity contribution in [1.82, 2.24) is 15.2 Å². The van der Waals surface area contributed by atoms with Gasteiger partial charge in [-0.1, -0.05) is 30.3 Å². The highest BCUT2D eigenvalue weighted by Crippen LogP contribution is 2.28. The van der Waals surface area contributed by atoms with E-state index in [1.54, 1.807) is 44.4 Å². The Kier molecular flexibility index (Phi) is 4.59. The molecule has 0 aliphatic rings. The molecule has 0 bridgehead atoms. The second kappa shape index (κ2) is 7.23. The number of amides is 1. The molecule has 1 amide bonds. The van der Waals surface area contributed by atoms with Gasteiger partial charge < -0.3 is 9.15 Å². The molecule has 2 heterocycles. The number of carbonyl (C=O) groups is 1. The van der Waals surface area contributed by atoms with E-state index in [1.165, 1.54) is 7.05 Å². The van der Waals surface area contributed by atoms with Crippen LogP contribution in [0.25, 0.3) is 21.7 Å². The molecule has 29 heavy (non-hydrogen) atoms. The van der Waals surface area contributed by atoms with E-state index >= 15 is 0 Å². The number of rotatable bonds is 4. The molecule has 0 unspecified atom stereocenters. The zero-order valence-electron chi connectivity index (χ0n) is 16.1. The third-order valence-electron chi connectivity index (χ3n) is 4.58. The highest BCUT2D eigenvalue weighted by atomic mass is 16.5. The summed E-state index contributed by atoms with van der Waals surface area (Å²) >= 11 is 0. The third-order valence-corrected chi connectivity index (χ3v) is 4.58. The fraction of sp³-hybridized carbons (Fsp3) is 0.143. The van der Waals surface area contributed by atoms with Crippen molar-refractivity contribution in [1.29, 1.82) is 0 Å². The first kappa shape index (κ1) is 18.4. The molecule has 0 saturated carbocycles. The second-order valence-corrected chi connectivity index (χ2v) is 6.45. The predicted octanol–water partition coefficient (Wildman–Crippen LogP) is 2.84. The summed E-state index contributed by atoms with van der Waals surface area (Å²) in [5.41, 5.74) is 3.42. The van der Waals surface area contributed by atoms with Gasteiger partial charge in [-0.15, -0.1) is 0 Å². The first-order valence-electron chi connectivity index (χ1n) is 8.87. The summed E-state index contributed by atoms with van der Waals surface area (Å²) in [6, 6.07) is 14.2. The van der Waals surface area contributed by atoms with Gasteiger partial charge in [-0.25, -0.2) is 10.1 Å². The molecule has 2 aromatic carbocycles. The molecule has 2 aromatic heterocycles. The Bertz CT molecular complexity index is 1330. The number of aryl methyl sites for hydroxylation is 1. The van der Waals surface area contributed by atoms with Crippen LogP contribution in [-0.2, 0) is 7.05 Å². The Labute approximate surface area is 165 Å². The summed E-state index contributed by atoms with van der Waals surface area (Å²) < 4.78 is 12.3. The largest absolute Gasteiger partial charge is 0.493 e. The van der Waals surface area contributed by atoms with Gasteiger partial charge in [0.25, 0.3) is 11.5 Å². The number of methoxy groups -OCH3 is 1. The first-order chi connectivity index (χ1) is 14.0. The maximum absolute atomic E-state index is 12.7. The summed E-state index contributed by atoms with van der Waals surface area (Å²) in [6.07, 6.45) is 0. The molecule has 0 radical (unpaired) electrons. The van der Waals surface area contributed by atoms with E-state index in [1.807, 2.05) is 18.2 Å². The molecule has 4 rings (SSSR count). The minimum atomic E-state index is -0.523. The Morgan fingerprint density at radius 1 is 1.17 bits per heavy atom. The number of nitrogens with zero attached hydrogens (tertiary/aromatic N) is 3. The van der Waals surface area contributed by atoms with Crippen LogP contribution in [0.5, 0.6) is 5.75 Å². The number of benzene rings is 2. The number of hydrogen-bond donors (Lipinski definition) is 1. The van der Waals surface area contributed by atoms with Crippen LogP contribution in [0.1, 0.15) is 23.2 Å². The minimum Gasteiger partial charge on any atom is -0.493 e. The van der Waals surface area contributed by atoms with Crippen LogP contribution >= 0.6 is 0 Å². The number of hydrazone groups is 1. The summed E-state index contributed by atoms with van der Waals surface area (Å²) in [7, 11) is 3.07. The van der Waals surface area contributed by atoms with E-state index in [4.69, 9.17) is 9.15 Å². The summed E-state index contributed by atoms with van der Waals surface area (Å²) in [5, 5.41) is 9.98. The zero-order chi connectivity index (χ0) is 20.5. The Balaban J connectivity index is 1.66. The first-order valence-corrected chi connectivity index (χ1v) is 8.87. The van der Waals surface area contributed by atoms with Gasteiger partial charge in [-0.3, -0.25) is 9.59 Å². The lowest BCUT2D eigenvalue weighted by Gasteiger charge is -2.07. The number of para-hydroxylation sites is 1. The molecule has 8 heteroatoms. The number of fused-ring (bicyclic) bond motifs is 2. The lowest BCUT2D eigenvalue weighted by molar-refractivity contribution is 0.0949. The third kappa shape index (κ3) is 3.25. The van der Waals surface area contributed by atoms with Crippen molar-refractivity contribution in [3.63, 3.8) is 0 Å². The Morgan fingerprint density at radius 2 is 1.93 bits per heavy atom. The molecule has 0 spiro atoms. The van der Waals surface area contributed by atoms with Gasteiger partial charge in [0.05, 0.1) is 12.5 Å². The molecule has 8 nitrogen and oxygen atoms in total. The number of furan rings is 1. The van der Waals surface area contributed by atoms with Crippen molar-refractivity contribution < 1.29 is 13.9 Å². The average Bonchev–Trinajstić information content (AvgIpc) is 3.19. The second-order valence-electron chi connectivity index (χ2n) is 6.45. The zero-order valence-corrected chi connectivity index (χ0v) is 16.1. The van der Waals surface area contributed by atoms with E-state index in [0.29, 0.717) is 33.6 Å². The Morgan fingerprint density at radius 3 is 2.69 bits per heavy atom. The topological polar surface area (TPSA) is 98.7 Å². The molecule has 0 fully saturated rings. The normalized spacial score (nSPS) is 11.8. The van der Waals surface area contributed by atoms with Crippen LogP contribution in [0.15, 0.2) is 62.8 Å². The molecule has 4 aromatic rings. The van der Waals surface area contributed by atoms with Crippen LogP contribution in [0.4, 0.5) is 0 Å². The monoisotopic (exact) mass is 390 g/mol. The fourth-order valence-electron chi connectivity index (χ4n) is 3.09. The summed E-state index contributed by atoms with van der Waals surface area (Å²) in [6.45, 7) is 1.72. The summed E-state index contributed by atoms with van der Waals surface area (Å²) in [4.78, 5) is 24.9. The van der Waals surface area contributed by atoms with Gasteiger partial charge in [0.15, 0.2) is 22.8 Å². The van der Waals surface area contributed by atoms with Crippen molar-refractivity contribution >= 4 is 33.4 Å². The van der Waals surface area contributed by atoms with E-state index in [2.05, 4.69) is 15.6 Å². The summed E-state index contributed by atoms with van der Waals surface area (Å²) in [5.74, 6) is 0.597. The van der Waals surface area contributed by atoms with Crippen LogP contribution < -0.4 is 15.7 Å². The van der Waals surface area contributed by atoms with E-state index in [-0.39, 0.29) is 11.3 Å². The standard InChI is InChI=1S/C21H18N4O4/c1-12(17-11-13-7-6-10-16(28-3)19(13)29-17)22-23-20(26)18-14-8-4-5-9-15(14)21(27)25(2)24-18/h4-11H,1-3H3,(H,23,26)/b22-12-. The predicted molar refractivity (Wildman–Crippen MR) is 109 cm³/mol.